The maximum Gasteiger partial charge on any atom is 0.154 e. The van der Waals surface area contributed by atoms with Gasteiger partial charge in [0.1, 0.15) is 36.2 Å². The Balaban J connectivity index is 1.94. The van der Waals surface area contributed by atoms with Gasteiger partial charge in [-0.1, -0.05) is 0 Å². The Bertz CT molecular complexity index is 1110. The second kappa shape index (κ2) is 7.39. The zero-order chi connectivity index (χ0) is 22.4. The van der Waals surface area contributed by atoms with Gasteiger partial charge in [-0.15, -0.1) is 0 Å². The summed E-state index contributed by atoms with van der Waals surface area (Å²) in [5.41, 5.74) is 1.05. The van der Waals surface area contributed by atoms with Gasteiger partial charge in [0.15, 0.2) is 12.6 Å². The molecule has 2 aromatic carbocycles. The Kier molecular flexibility index (Phi) is 4.85. The van der Waals surface area contributed by atoms with E-state index in [0.717, 1.165) is 0 Å². The molecule has 160 valence electrons. The monoisotopic (exact) mass is 424 g/mol. The number of allylic oxidation sites excluding steroid dienone is 2. The normalized spacial score (nSPS) is 14.4. The highest BCUT2D eigenvalue weighted by atomic mass is 16.5. The maximum absolute atomic E-state index is 11.7. The number of fused-ring (bicyclic) bond motifs is 2. The lowest BCUT2D eigenvalue weighted by atomic mass is 9.88. The van der Waals surface area contributed by atoms with Crippen LogP contribution < -0.4 is 0 Å². The van der Waals surface area contributed by atoms with Crippen LogP contribution in [0.5, 0.6) is 23.0 Å². The van der Waals surface area contributed by atoms with Crippen molar-refractivity contribution in [3.8, 4) is 23.0 Å². The van der Waals surface area contributed by atoms with Crippen molar-refractivity contribution >= 4 is 24.7 Å². The van der Waals surface area contributed by atoms with Crippen LogP contribution in [0.2, 0.25) is 0 Å². The van der Waals surface area contributed by atoms with Gasteiger partial charge in [0.05, 0.1) is 22.6 Å². The molecule has 2 heterocycles. The van der Waals surface area contributed by atoms with Gasteiger partial charge in [0.25, 0.3) is 0 Å². The van der Waals surface area contributed by atoms with E-state index < -0.39 is 11.5 Å². The molecule has 0 amide bonds. The number of rotatable bonds is 4. The molecule has 2 aliphatic heterocycles. The number of aldehydes is 2. The zero-order valence-electron chi connectivity index (χ0n) is 16.9. The Morgan fingerprint density at radius 1 is 0.742 bits per heavy atom. The second-order valence-corrected chi connectivity index (χ2v) is 7.46. The summed E-state index contributed by atoms with van der Waals surface area (Å²) >= 11 is 0. The summed E-state index contributed by atoms with van der Waals surface area (Å²) in [5.74, 6) is -0.560. The fourth-order valence-electron chi connectivity index (χ4n) is 3.98. The van der Waals surface area contributed by atoms with E-state index in [-0.39, 0.29) is 53.4 Å². The highest BCUT2D eigenvalue weighted by Gasteiger charge is 2.29. The van der Waals surface area contributed by atoms with Crippen molar-refractivity contribution in [2.45, 2.75) is 33.5 Å². The summed E-state index contributed by atoms with van der Waals surface area (Å²) in [6.45, 7) is 3.33. The molecule has 0 saturated heterocycles. The molecule has 0 fully saturated rings. The molecule has 0 atom stereocenters. The van der Waals surface area contributed by atoms with E-state index in [0.29, 0.717) is 46.3 Å². The van der Waals surface area contributed by atoms with Crippen LogP contribution in [0.3, 0.4) is 0 Å². The van der Waals surface area contributed by atoms with Gasteiger partial charge < -0.3 is 29.9 Å². The van der Waals surface area contributed by atoms with Gasteiger partial charge >= 0.3 is 0 Å². The van der Waals surface area contributed by atoms with Crippen molar-refractivity contribution in [3.63, 3.8) is 0 Å². The number of carbonyl (C=O) groups excluding carboxylic acids is 2. The number of carbonyl (C=O) groups is 2. The molecule has 2 aliphatic rings. The van der Waals surface area contributed by atoms with Gasteiger partial charge in [0, 0.05) is 39.8 Å². The third-order valence-electron chi connectivity index (χ3n) is 5.63. The first-order valence-electron chi connectivity index (χ1n) is 9.50. The lowest BCUT2D eigenvalue weighted by molar-refractivity contribution is 0.111. The van der Waals surface area contributed by atoms with Crippen LogP contribution in [0, 0.1) is 0 Å². The summed E-state index contributed by atoms with van der Waals surface area (Å²) in [4.78, 5) is 23.4. The Morgan fingerprint density at radius 2 is 1.13 bits per heavy atom. The average Bonchev–Trinajstić information content (AvgIpc) is 2.73. The molecular weight excluding hydrogens is 404 g/mol. The van der Waals surface area contributed by atoms with Gasteiger partial charge in [-0.25, -0.2) is 0 Å². The molecule has 8 nitrogen and oxygen atoms in total. The molecular formula is C23H20O8. The molecule has 0 aromatic heterocycles. The highest BCUT2D eigenvalue weighted by Crippen LogP contribution is 2.46. The molecule has 0 bridgehead atoms. The minimum Gasteiger partial charge on any atom is -0.507 e. The van der Waals surface area contributed by atoms with Crippen molar-refractivity contribution in [2.24, 2.45) is 0 Å². The Morgan fingerprint density at radius 3 is 1.48 bits per heavy atom. The predicted octanol–water partition coefficient (Wildman–Crippen LogP) is 3.51. The first-order valence-corrected chi connectivity index (χ1v) is 9.50. The second-order valence-electron chi connectivity index (χ2n) is 7.46. The molecule has 4 rings (SSSR count). The number of ether oxygens (including phenoxy) is 2. The number of hydrogen-bond donors (Lipinski definition) is 4. The van der Waals surface area contributed by atoms with Crippen LogP contribution >= 0.6 is 0 Å². The van der Waals surface area contributed by atoms with Crippen LogP contribution in [0.25, 0.3) is 12.2 Å². The number of phenols is 4. The van der Waals surface area contributed by atoms with Crippen LogP contribution in [0.1, 0.15) is 67.9 Å². The van der Waals surface area contributed by atoms with E-state index in [1.165, 1.54) is 12.2 Å². The lowest BCUT2D eigenvalue weighted by Gasteiger charge is -2.24. The van der Waals surface area contributed by atoms with Crippen LogP contribution in [-0.4, -0.2) is 33.0 Å². The third kappa shape index (κ3) is 3.07. The average molecular weight is 424 g/mol. The molecule has 0 aliphatic carbocycles. The molecule has 31 heavy (non-hydrogen) atoms. The smallest absolute Gasteiger partial charge is 0.154 e. The van der Waals surface area contributed by atoms with Crippen LogP contribution in [0.4, 0.5) is 0 Å². The van der Waals surface area contributed by atoms with Gasteiger partial charge in [-0.3, -0.25) is 9.59 Å². The summed E-state index contributed by atoms with van der Waals surface area (Å²) in [5, 5.41) is 43.1. The van der Waals surface area contributed by atoms with Crippen LogP contribution in [0.15, 0.2) is 11.5 Å². The Hall–Kier alpha value is -3.94. The number of phenolic OH excluding ortho intramolecular Hbond substituents is 4. The SMILES string of the molecule is CC1=Cc2c(C=O)c(O)c(Cc3c(O)c(C=O)c4c(c3O)COC(C)=C4)c(O)c2CO1. The van der Waals surface area contributed by atoms with Gasteiger partial charge in [-0.2, -0.15) is 0 Å². The largest absolute Gasteiger partial charge is 0.507 e. The van der Waals surface area contributed by atoms with E-state index in [1.807, 2.05) is 0 Å². The fraction of sp³-hybridized carbons (Fsp3) is 0.217. The number of benzene rings is 2. The van der Waals surface area contributed by atoms with Gasteiger partial charge in [0.2, 0.25) is 0 Å². The first-order chi connectivity index (χ1) is 14.8. The Labute approximate surface area is 177 Å². The minimum absolute atomic E-state index is 0.0166. The quantitative estimate of drug-likeness (QED) is 0.548. The topological polar surface area (TPSA) is 134 Å². The molecule has 0 unspecified atom stereocenters. The van der Waals surface area contributed by atoms with E-state index in [4.69, 9.17) is 9.47 Å². The van der Waals surface area contributed by atoms with E-state index in [2.05, 4.69) is 0 Å². The summed E-state index contributed by atoms with van der Waals surface area (Å²) in [6.07, 6.45) is 3.67. The standard InChI is InChI=1S/C23H20O8/c1-10-3-12-16(6-24)20(26)14(22(28)18(12)8-30-10)5-15-21(27)17(7-25)13-4-11(2)31-9-19(13)23(15)29/h3-4,6-7,26-29H,5,8-9H2,1-2H3. The summed E-state index contributed by atoms with van der Waals surface area (Å²) < 4.78 is 10.9. The van der Waals surface area contributed by atoms with Crippen molar-refractivity contribution < 1.29 is 39.5 Å². The van der Waals surface area contributed by atoms with Crippen LogP contribution in [-0.2, 0) is 29.1 Å². The third-order valence-corrected chi connectivity index (χ3v) is 5.63. The molecule has 0 saturated carbocycles. The molecule has 8 heteroatoms. The minimum atomic E-state index is -0.478. The molecule has 4 N–H and O–H groups in total. The molecule has 0 spiro atoms. The van der Waals surface area contributed by atoms with Gasteiger partial charge in [-0.05, 0) is 26.0 Å². The van der Waals surface area contributed by atoms with Crippen molar-refractivity contribution in [3.05, 3.63) is 56.0 Å². The fourth-order valence-corrected chi connectivity index (χ4v) is 3.98. The summed E-state index contributed by atoms with van der Waals surface area (Å²) in [7, 11) is 0. The molecule has 0 radical (unpaired) electrons. The highest BCUT2D eigenvalue weighted by molar-refractivity contribution is 5.91. The van der Waals surface area contributed by atoms with Crippen molar-refractivity contribution in [2.75, 3.05) is 0 Å². The van der Waals surface area contributed by atoms with Crippen molar-refractivity contribution in [1.82, 2.24) is 0 Å². The first kappa shape index (κ1) is 20.3. The van der Waals surface area contributed by atoms with E-state index in [9.17, 15) is 30.0 Å². The van der Waals surface area contributed by atoms with E-state index >= 15 is 0 Å². The predicted molar refractivity (Wildman–Crippen MR) is 110 cm³/mol. The number of hydrogen-bond acceptors (Lipinski definition) is 8. The van der Waals surface area contributed by atoms with Crippen molar-refractivity contribution in [1.29, 1.82) is 0 Å². The maximum atomic E-state index is 11.7. The lowest BCUT2D eigenvalue weighted by Crippen LogP contribution is -2.09. The summed E-state index contributed by atoms with van der Waals surface area (Å²) in [6, 6.07) is 0. The number of aromatic hydroxyl groups is 4. The zero-order valence-corrected chi connectivity index (χ0v) is 16.9. The van der Waals surface area contributed by atoms with E-state index in [1.54, 1.807) is 13.8 Å². The molecule has 2 aromatic rings.